The number of hydrogen-bond donors (Lipinski definition) is 2. The van der Waals surface area contributed by atoms with Gasteiger partial charge in [-0.25, -0.2) is 4.79 Å². The number of methoxy groups -OCH3 is 1. The summed E-state index contributed by atoms with van der Waals surface area (Å²) in [6.45, 7) is 2.99. The molecule has 0 aliphatic heterocycles. The number of aryl methyl sites for hydroxylation is 1. The van der Waals surface area contributed by atoms with Crippen molar-refractivity contribution in [2.75, 3.05) is 13.7 Å². The van der Waals surface area contributed by atoms with Crippen molar-refractivity contribution in [3.8, 4) is 0 Å². The van der Waals surface area contributed by atoms with Crippen LogP contribution in [-0.4, -0.2) is 19.7 Å². The molecule has 130 valence electrons. The molecule has 1 heterocycles. The summed E-state index contributed by atoms with van der Waals surface area (Å²) in [4.78, 5) is 14.5. The minimum absolute atomic E-state index is 0.123. The molecule has 3 rings (SSSR count). The lowest BCUT2D eigenvalue weighted by molar-refractivity contribution is 0.107. The summed E-state index contributed by atoms with van der Waals surface area (Å²) in [6, 6.07) is 18.2. The summed E-state index contributed by atoms with van der Waals surface area (Å²) in [5.41, 5.74) is 1.10. The van der Waals surface area contributed by atoms with E-state index >= 15 is 0 Å². The third-order valence-corrected chi connectivity index (χ3v) is 5.22. The molecule has 2 amide bonds. The fourth-order valence-corrected chi connectivity index (χ4v) is 3.75. The van der Waals surface area contributed by atoms with Crippen LogP contribution >= 0.6 is 11.3 Å². The number of nitrogens with one attached hydrogen (secondary N) is 2. The van der Waals surface area contributed by atoms with Crippen LogP contribution in [0.1, 0.15) is 21.4 Å². The van der Waals surface area contributed by atoms with Gasteiger partial charge in [-0.2, -0.15) is 0 Å². The molecule has 1 atom stereocenters. The van der Waals surface area contributed by atoms with Gasteiger partial charge in [-0.1, -0.05) is 42.5 Å². The van der Waals surface area contributed by atoms with Crippen molar-refractivity contribution < 1.29 is 9.53 Å². The number of amides is 2. The van der Waals surface area contributed by atoms with Crippen molar-refractivity contribution in [2.45, 2.75) is 19.6 Å². The second-order valence-corrected chi connectivity index (χ2v) is 7.19. The Labute approximate surface area is 151 Å². The van der Waals surface area contributed by atoms with Crippen LogP contribution < -0.4 is 10.6 Å². The molecule has 0 unspecified atom stereocenters. The van der Waals surface area contributed by atoms with E-state index in [1.165, 1.54) is 10.3 Å². The van der Waals surface area contributed by atoms with Gasteiger partial charge >= 0.3 is 6.03 Å². The number of hydrogen-bond acceptors (Lipinski definition) is 3. The van der Waals surface area contributed by atoms with Crippen molar-refractivity contribution in [1.29, 1.82) is 0 Å². The molecule has 5 heteroatoms. The van der Waals surface area contributed by atoms with Crippen LogP contribution in [-0.2, 0) is 11.3 Å². The zero-order chi connectivity index (χ0) is 17.6. The van der Waals surface area contributed by atoms with Crippen LogP contribution in [0.15, 0.2) is 54.6 Å². The van der Waals surface area contributed by atoms with Crippen LogP contribution in [0, 0.1) is 6.92 Å². The van der Waals surface area contributed by atoms with Crippen LogP contribution in [0.2, 0.25) is 0 Å². The molecule has 0 aliphatic carbocycles. The summed E-state index contributed by atoms with van der Waals surface area (Å²) in [7, 11) is 1.66. The van der Waals surface area contributed by atoms with Crippen molar-refractivity contribution >= 4 is 28.1 Å². The van der Waals surface area contributed by atoms with Gasteiger partial charge < -0.3 is 15.4 Å². The third kappa shape index (κ3) is 4.38. The fourth-order valence-electron chi connectivity index (χ4n) is 2.80. The zero-order valence-electron chi connectivity index (χ0n) is 14.4. The van der Waals surface area contributed by atoms with E-state index in [0.717, 1.165) is 15.8 Å². The molecule has 2 N–H and O–H groups in total. The first-order valence-corrected chi connectivity index (χ1v) is 9.06. The molecule has 0 saturated carbocycles. The SMILES string of the molecule is CO[C@H](CNC(=O)NCc1cccc2ccccc12)c1ccc(C)s1. The Bertz CT molecular complexity index is 854. The Hall–Kier alpha value is -2.37. The van der Waals surface area contributed by atoms with E-state index in [9.17, 15) is 4.79 Å². The van der Waals surface area contributed by atoms with E-state index in [1.54, 1.807) is 18.4 Å². The Balaban J connectivity index is 1.55. The van der Waals surface area contributed by atoms with Crippen molar-refractivity contribution in [3.63, 3.8) is 0 Å². The van der Waals surface area contributed by atoms with E-state index in [4.69, 9.17) is 4.74 Å². The second kappa shape index (κ2) is 8.14. The summed E-state index contributed by atoms with van der Waals surface area (Å²) in [5.74, 6) is 0. The van der Waals surface area contributed by atoms with Crippen molar-refractivity contribution in [2.24, 2.45) is 0 Å². The predicted molar refractivity (Wildman–Crippen MR) is 103 cm³/mol. The average Bonchev–Trinajstić information content (AvgIpc) is 3.06. The highest BCUT2D eigenvalue weighted by atomic mass is 32.1. The number of carbonyl (C=O) groups is 1. The maximum absolute atomic E-state index is 12.1. The first-order chi connectivity index (χ1) is 12.2. The zero-order valence-corrected chi connectivity index (χ0v) is 15.2. The maximum atomic E-state index is 12.1. The molecule has 0 spiro atoms. The van der Waals surface area contributed by atoms with Crippen molar-refractivity contribution in [3.05, 3.63) is 69.9 Å². The van der Waals surface area contributed by atoms with Crippen molar-refractivity contribution in [1.82, 2.24) is 10.6 Å². The fraction of sp³-hybridized carbons (Fsp3) is 0.250. The highest BCUT2D eigenvalue weighted by molar-refractivity contribution is 7.12. The number of thiophene rings is 1. The molecule has 0 fully saturated rings. The molecular weight excluding hydrogens is 332 g/mol. The highest BCUT2D eigenvalue weighted by Crippen LogP contribution is 2.24. The smallest absolute Gasteiger partial charge is 0.315 e. The molecule has 3 aromatic rings. The Morgan fingerprint density at radius 3 is 2.64 bits per heavy atom. The van der Waals surface area contributed by atoms with Crippen LogP contribution in [0.25, 0.3) is 10.8 Å². The normalized spacial score (nSPS) is 12.1. The molecule has 1 aromatic heterocycles. The lowest BCUT2D eigenvalue weighted by Gasteiger charge is -2.15. The Morgan fingerprint density at radius 2 is 1.88 bits per heavy atom. The van der Waals surface area contributed by atoms with Gasteiger partial charge in [0.05, 0.1) is 6.54 Å². The van der Waals surface area contributed by atoms with E-state index < -0.39 is 0 Å². The average molecular weight is 354 g/mol. The summed E-state index contributed by atoms with van der Waals surface area (Å²) in [6.07, 6.45) is -0.123. The number of carbonyl (C=O) groups excluding carboxylic acids is 1. The number of urea groups is 1. The number of benzene rings is 2. The third-order valence-electron chi connectivity index (χ3n) is 4.13. The number of fused-ring (bicyclic) bond motifs is 1. The molecule has 0 saturated heterocycles. The predicted octanol–water partition coefficient (Wildman–Crippen LogP) is 4.40. The lowest BCUT2D eigenvalue weighted by atomic mass is 10.0. The standard InChI is InChI=1S/C20H22N2O2S/c1-14-10-11-19(25-14)18(24-2)13-22-20(23)21-12-16-8-5-7-15-6-3-4-9-17(15)16/h3-11,18H,12-13H2,1-2H3,(H2,21,22,23)/t18-/m1/s1. The number of ether oxygens (including phenoxy) is 1. The van der Waals surface area contributed by atoms with Gasteiger partial charge in [0, 0.05) is 23.4 Å². The molecule has 25 heavy (non-hydrogen) atoms. The monoisotopic (exact) mass is 354 g/mol. The Morgan fingerprint density at radius 1 is 1.08 bits per heavy atom. The molecule has 0 aliphatic rings. The topological polar surface area (TPSA) is 50.4 Å². The van der Waals surface area contributed by atoms with Gasteiger partial charge in [-0.3, -0.25) is 0 Å². The van der Waals surface area contributed by atoms with Gasteiger partial charge in [0.25, 0.3) is 0 Å². The summed E-state index contributed by atoms with van der Waals surface area (Å²) < 4.78 is 5.49. The lowest BCUT2D eigenvalue weighted by Crippen LogP contribution is -2.37. The van der Waals surface area contributed by atoms with E-state index in [1.807, 2.05) is 30.3 Å². The van der Waals surface area contributed by atoms with E-state index in [-0.39, 0.29) is 12.1 Å². The minimum atomic E-state index is -0.191. The first kappa shape index (κ1) is 17.5. The van der Waals surface area contributed by atoms with Crippen LogP contribution in [0.3, 0.4) is 0 Å². The van der Waals surface area contributed by atoms with Gasteiger partial charge in [-0.15, -0.1) is 11.3 Å². The quantitative estimate of drug-likeness (QED) is 0.689. The first-order valence-electron chi connectivity index (χ1n) is 8.25. The molecular formula is C20H22N2O2S. The number of rotatable bonds is 6. The molecule has 0 bridgehead atoms. The van der Waals surface area contributed by atoms with Gasteiger partial charge in [0.15, 0.2) is 0 Å². The van der Waals surface area contributed by atoms with Gasteiger partial charge in [-0.05, 0) is 35.4 Å². The van der Waals surface area contributed by atoms with E-state index in [2.05, 4.69) is 41.8 Å². The van der Waals surface area contributed by atoms with Crippen LogP contribution in [0.5, 0.6) is 0 Å². The highest BCUT2D eigenvalue weighted by Gasteiger charge is 2.14. The van der Waals surface area contributed by atoms with Crippen LogP contribution in [0.4, 0.5) is 4.79 Å². The molecule has 4 nitrogen and oxygen atoms in total. The summed E-state index contributed by atoms with van der Waals surface area (Å²) in [5, 5.41) is 8.15. The minimum Gasteiger partial charge on any atom is -0.374 e. The largest absolute Gasteiger partial charge is 0.374 e. The Kier molecular flexibility index (Phi) is 5.68. The second-order valence-electron chi connectivity index (χ2n) is 5.87. The molecule has 0 radical (unpaired) electrons. The van der Waals surface area contributed by atoms with Gasteiger partial charge in [0.1, 0.15) is 6.10 Å². The molecule has 2 aromatic carbocycles. The summed E-state index contributed by atoms with van der Waals surface area (Å²) >= 11 is 1.69. The maximum Gasteiger partial charge on any atom is 0.315 e. The van der Waals surface area contributed by atoms with E-state index in [0.29, 0.717) is 13.1 Å². The van der Waals surface area contributed by atoms with Gasteiger partial charge in [0.2, 0.25) is 0 Å².